The van der Waals surface area contributed by atoms with Crippen LogP contribution in [0, 0.1) is 5.92 Å². The SMILES string of the molecule is CCOC(=O)/C=C/C(C)=C/[C@H](CCO[Si](C)(C)C(C)(C)C)CO[Si](C)(C)C(C)(C)C. The Kier molecular flexibility index (Phi) is 11.5. The van der Waals surface area contributed by atoms with Gasteiger partial charge in [0.2, 0.25) is 0 Å². The second-order valence-electron chi connectivity index (χ2n) is 11.2. The van der Waals surface area contributed by atoms with Gasteiger partial charge in [-0.3, -0.25) is 0 Å². The molecule has 0 fully saturated rings. The zero-order valence-corrected chi connectivity index (χ0v) is 23.8. The monoisotopic (exact) mass is 456 g/mol. The molecular formula is C24H48O4Si2. The maximum absolute atomic E-state index is 11.6. The summed E-state index contributed by atoms with van der Waals surface area (Å²) in [6.07, 6.45) is 6.43. The van der Waals surface area contributed by atoms with E-state index in [0.717, 1.165) is 18.6 Å². The zero-order valence-electron chi connectivity index (χ0n) is 21.8. The lowest BCUT2D eigenvalue weighted by molar-refractivity contribution is -0.137. The fraction of sp³-hybridized carbons (Fsp3) is 0.792. The molecule has 0 saturated carbocycles. The van der Waals surface area contributed by atoms with E-state index in [0.29, 0.717) is 13.2 Å². The van der Waals surface area contributed by atoms with Crippen LogP contribution in [-0.4, -0.2) is 42.4 Å². The minimum absolute atomic E-state index is 0.178. The summed E-state index contributed by atoms with van der Waals surface area (Å²) >= 11 is 0. The highest BCUT2D eigenvalue weighted by Crippen LogP contribution is 2.38. The van der Waals surface area contributed by atoms with Crippen LogP contribution in [0.15, 0.2) is 23.8 Å². The van der Waals surface area contributed by atoms with Gasteiger partial charge in [-0.05, 0) is 56.5 Å². The van der Waals surface area contributed by atoms with E-state index in [1.165, 1.54) is 6.08 Å². The van der Waals surface area contributed by atoms with Crippen molar-refractivity contribution in [3.63, 3.8) is 0 Å². The molecule has 0 rings (SSSR count). The second kappa shape index (κ2) is 11.8. The minimum Gasteiger partial charge on any atom is -0.463 e. The molecule has 4 nitrogen and oxygen atoms in total. The normalized spacial score (nSPS) is 15.5. The van der Waals surface area contributed by atoms with Crippen molar-refractivity contribution in [2.75, 3.05) is 19.8 Å². The molecule has 0 aliphatic rings. The first-order chi connectivity index (χ1) is 13.4. The molecule has 0 radical (unpaired) electrons. The molecule has 0 aromatic carbocycles. The number of allylic oxidation sites excluding steroid dienone is 2. The lowest BCUT2D eigenvalue weighted by atomic mass is 10.0. The molecule has 0 spiro atoms. The lowest BCUT2D eigenvalue weighted by Crippen LogP contribution is -2.42. The van der Waals surface area contributed by atoms with Crippen LogP contribution in [0.4, 0.5) is 0 Å². The molecule has 0 unspecified atom stereocenters. The van der Waals surface area contributed by atoms with Gasteiger partial charge in [0.15, 0.2) is 16.6 Å². The number of hydrogen-bond acceptors (Lipinski definition) is 4. The Morgan fingerprint density at radius 2 is 1.40 bits per heavy atom. The van der Waals surface area contributed by atoms with Crippen molar-refractivity contribution in [3.8, 4) is 0 Å². The third-order valence-corrected chi connectivity index (χ3v) is 15.5. The number of carbonyl (C=O) groups is 1. The number of carbonyl (C=O) groups excluding carboxylic acids is 1. The van der Waals surface area contributed by atoms with Crippen molar-refractivity contribution >= 4 is 22.6 Å². The highest BCUT2D eigenvalue weighted by atomic mass is 28.4. The zero-order chi connectivity index (χ0) is 23.8. The topological polar surface area (TPSA) is 44.8 Å². The van der Waals surface area contributed by atoms with Gasteiger partial charge in [-0.2, -0.15) is 0 Å². The summed E-state index contributed by atoms with van der Waals surface area (Å²) in [7, 11) is -3.59. The molecule has 0 aliphatic carbocycles. The second-order valence-corrected chi connectivity index (χ2v) is 20.8. The molecule has 0 amide bonds. The number of hydrogen-bond donors (Lipinski definition) is 0. The van der Waals surface area contributed by atoms with Gasteiger partial charge in [-0.15, -0.1) is 0 Å². The van der Waals surface area contributed by atoms with Crippen molar-refractivity contribution in [2.45, 2.75) is 98.1 Å². The highest BCUT2D eigenvalue weighted by molar-refractivity contribution is 6.74. The third kappa shape index (κ3) is 10.6. The molecular weight excluding hydrogens is 408 g/mol. The van der Waals surface area contributed by atoms with Crippen molar-refractivity contribution in [3.05, 3.63) is 23.8 Å². The van der Waals surface area contributed by atoms with E-state index in [4.69, 9.17) is 13.6 Å². The fourth-order valence-corrected chi connectivity index (χ4v) is 4.37. The van der Waals surface area contributed by atoms with Crippen LogP contribution in [0.3, 0.4) is 0 Å². The Hall–Kier alpha value is -0.696. The van der Waals surface area contributed by atoms with E-state index in [1.807, 2.05) is 19.9 Å². The summed E-state index contributed by atoms with van der Waals surface area (Å²) in [5, 5.41) is 0.381. The largest absolute Gasteiger partial charge is 0.463 e. The van der Waals surface area contributed by atoms with Crippen LogP contribution in [0.25, 0.3) is 0 Å². The highest BCUT2D eigenvalue weighted by Gasteiger charge is 2.38. The van der Waals surface area contributed by atoms with E-state index in [1.54, 1.807) is 0 Å². The lowest BCUT2D eigenvalue weighted by Gasteiger charge is -2.38. The Bertz CT molecular complexity index is 593. The van der Waals surface area contributed by atoms with Gasteiger partial charge in [0.25, 0.3) is 0 Å². The number of rotatable bonds is 11. The Morgan fingerprint density at radius 1 is 0.900 bits per heavy atom. The van der Waals surface area contributed by atoms with E-state index in [9.17, 15) is 4.79 Å². The molecule has 0 heterocycles. The smallest absolute Gasteiger partial charge is 0.330 e. The average Bonchev–Trinajstić information content (AvgIpc) is 2.56. The van der Waals surface area contributed by atoms with Gasteiger partial charge < -0.3 is 13.6 Å². The van der Waals surface area contributed by atoms with Gasteiger partial charge >= 0.3 is 5.97 Å². The summed E-state index contributed by atoms with van der Waals surface area (Å²) in [6.45, 7) is 28.4. The summed E-state index contributed by atoms with van der Waals surface area (Å²) in [4.78, 5) is 11.6. The van der Waals surface area contributed by atoms with E-state index in [-0.39, 0.29) is 22.0 Å². The predicted molar refractivity (Wildman–Crippen MR) is 134 cm³/mol. The maximum Gasteiger partial charge on any atom is 0.330 e. The van der Waals surface area contributed by atoms with Crippen LogP contribution in [0.1, 0.15) is 61.8 Å². The summed E-state index contributed by atoms with van der Waals surface area (Å²) in [5.74, 6) is -0.0590. The van der Waals surface area contributed by atoms with E-state index < -0.39 is 16.6 Å². The molecule has 0 aliphatic heterocycles. The van der Waals surface area contributed by atoms with Crippen LogP contribution in [0.5, 0.6) is 0 Å². The van der Waals surface area contributed by atoms with Gasteiger partial charge in [-0.25, -0.2) is 4.79 Å². The van der Waals surface area contributed by atoms with Crippen molar-refractivity contribution in [1.82, 2.24) is 0 Å². The molecule has 30 heavy (non-hydrogen) atoms. The fourth-order valence-electron chi connectivity index (χ4n) is 2.25. The van der Waals surface area contributed by atoms with Gasteiger partial charge in [0.05, 0.1) is 6.61 Å². The van der Waals surface area contributed by atoms with Crippen LogP contribution in [-0.2, 0) is 18.4 Å². The molecule has 0 aromatic heterocycles. The molecule has 1 atom stereocenters. The van der Waals surface area contributed by atoms with Crippen molar-refractivity contribution < 1.29 is 18.4 Å². The molecule has 176 valence electrons. The summed E-state index contributed by atoms with van der Waals surface area (Å²) in [5.41, 5.74) is 1.04. The third-order valence-electron chi connectivity index (χ3n) is 6.49. The quantitative estimate of drug-likeness (QED) is 0.144. The molecule has 6 heteroatoms. The van der Waals surface area contributed by atoms with Crippen LogP contribution >= 0.6 is 0 Å². The Morgan fingerprint density at radius 3 is 1.87 bits per heavy atom. The summed E-state index contributed by atoms with van der Waals surface area (Å²) < 4.78 is 17.9. The van der Waals surface area contributed by atoms with Crippen LogP contribution in [0.2, 0.25) is 36.3 Å². The Balaban J connectivity index is 5.26. The minimum atomic E-state index is -1.83. The predicted octanol–water partition coefficient (Wildman–Crippen LogP) is 7.10. The first-order valence-electron chi connectivity index (χ1n) is 11.2. The molecule has 0 bridgehead atoms. The van der Waals surface area contributed by atoms with Crippen molar-refractivity contribution in [2.24, 2.45) is 5.92 Å². The van der Waals surface area contributed by atoms with E-state index >= 15 is 0 Å². The first kappa shape index (κ1) is 29.3. The summed E-state index contributed by atoms with van der Waals surface area (Å²) in [6, 6.07) is 0. The van der Waals surface area contributed by atoms with Gasteiger partial charge in [0, 0.05) is 25.2 Å². The van der Waals surface area contributed by atoms with Gasteiger partial charge in [-0.1, -0.05) is 59.3 Å². The molecule has 0 N–H and O–H groups in total. The molecule has 0 saturated heterocycles. The van der Waals surface area contributed by atoms with Crippen LogP contribution < -0.4 is 0 Å². The Labute approximate surface area is 188 Å². The number of ether oxygens (including phenoxy) is 1. The number of esters is 1. The first-order valence-corrected chi connectivity index (χ1v) is 17.1. The van der Waals surface area contributed by atoms with E-state index in [2.05, 4.69) is 73.8 Å². The standard InChI is InChI=1S/C24H48O4Si2/c1-13-26-22(25)15-14-20(2)18-21(19-28-30(11,12)24(6,7)8)16-17-27-29(9,10)23(3,4)5/h14-15,18,21H,13,16-17,19H2,1-12H3/b15-14+,20-18+/t21-/m0/s1. The maximum atomic E-state index is 11.6. The average molecular weight is 457 g/mol. The molecule has 0 aromatic rings. The van der Waals surface area contributed by atoms with Crippen molar-refractivity contribution in [1.29, 1.82) is 0 Å². The van der Waals surface area contributed by atoms with Gasteiger partial charge in [0.1, 0.15) is 0 Å².